The molecule has 0 spiro atoms. The predicted molar refractivity (Wildman–Crippen MR) is 108 cm³/mol. The minimum atomic E-state index is -0.186. The van der Waals surface area contributed by atoms with Crippen molar-refractivity contribution in [1.82, 2.24) is 14.9 Å². The third-order valence-corrected chi connectivity index (χ3v) is 4.58. The molecule has 0 aliphatic rings. The number of hydrogen-bond donors (Lipinski definition) is 1. The summed E-state index contributed by atoms with van der Waals surface area (Å²) in [7, 11) is 0. The van der Waals surface area contributed by atoms with Crippen LogP contribution in [0.1, 0.15) is 27.4 Å². The Kier molecular flexibility index (Phi) is 5.11. The summed E-state index contributed by atoms with van der Waals surface area (Å²) < 4.78 is 12.7. The first-order valence-corrected chi connectivity index (χ1v) is 9.16. The van der Waals surface area contributed by atoms with E-state index in [-0.39, 0.29) is 5.91 Å². The molecule has 0 aliphatic carbocycles. The smallest absolute Gasteiger partial charge is 0.255 e. The van der Waals surface area contributed by atoms with Gasteiger partial charge in [-0.2, -0.15) is 5.10 Å². The first kappa shape index (κ1) is 18.5. The number of nitrogens with zero attached hydrogens (tertiary/aromatic N) is 3. The minimum Gasteiger partial charge on any atom is -0.489 e. The van der Waals surface area contributed by atoms with Gasteiger partial charge in [-0.25, -0.2) is 4.68 Å². The quantitative estimate of drug-likeness (QED) is 0.532. The number of hydrogen-bond acceptors (Lipinski definition) is 5. The Hall–Kier alpha value is -3.87. The summed E-state index contributed by atoms with van der Waals surface area (Å²) >= 11 is 0. The second kappa shape index (κ2) is 8.02. The molecule has 2 aromatic carbocycles. The zero-order valence-corrected chi connectivity index (χ0v) is 16.1. The fraction of sp³-hybridized carbons (Fsp3) is 0.136. The van der Waals surface area contributed by atoms with Gasteiger partial charge in [0.2, 0.25) is 0 Å². The molecule has 1 N–H and O–H groups in total. The summed E-state index contributed by atoms with van der Waals surface area (Å²) in [5, 5.41) is 11.0. The Labute approximate surface area is 167 Å². The zero-order valence-electron chi connectivity index (χ0n) is 16.1. The number of benzene rings is 2. The van der Waals surface area contributed by atoms with Crippen molar-refractivity contribution >= 4 is 11.6 Å². The molecule has 4 rings (SSSR count). The molecule has 0 aliphatic heterocycles. The standard InChI is InChI=1S/C22H20N4O3/c1-15-21(16(2)29-25-15)14-28-20-10-4-17(5-11-20)22(27)24-18-6-8-19(9-7-18)26-13-3-12-23-26/h3-13H,14H2,1-2H3,(H,24,27). The molecule has 7 nitrogen and oxygen atoms in total. The van der Waals surface area contributed by atoms with Crippen molar-refractivity contribution in [2.24, 2.45) is 0 Å². The largest absolute Gasteiger partial charge is 0.489 e. The first-order valence-electron chi connectivity index (χ1n) is 9.16. The van der Waals surface area contributed by atoms with E-state index in [0.717, 1.165) is 22.7 Å². The molecule has 0 bridgehead atoms. The Morgan fingerprint density at radius 1 is 1.10 bits per heavy atom. The molecule has 4 aromatic rings. The van der Waals surface area contributed by atoms with Crippen LogP contribution in [0.15, 0.2) is 71.5 Å². The lowest BCUT2D eigenvalue weighted by atomic mass is 10.2. The van der Waals surface area contributed by atoms with Crippen LogP contribution in [0.4, 0.5) is 5.69 Å². The number of anilines is 1. The average Bonchev–Trinajstić information content (AvgIpc) is 3.38. The van der Waals surface area contributed by atoms with Gasteiger partial charge >= 0.3 is 0 Å². The fourth-order valence-electron chi connectivity index (χ4n) is 2.89. The van der Waals surface area contributed by atoms with Gasteiger partial charge in [-0.15, -0.1) is 0 Å². The van der Waals surface area contributed by atoms with Gasteiger partial charge < -0.3 is 14.6 Å². The van der Waals surface area contributed by atoms with E-state index in [2.05, 4.69) is 15.6 Å². The lowest BCUT2D eigenvalue weighted by Gasteiger charge is -2.09. The van der Waals surface area contributed by atoms with Gasteiger partial charge in [0, 0.05) is 23.6 Å². The first-order chi connectivity index (χ1) is 14.1. The maximum absolute atomic E-state index is 12.5. The monoisotopic (exact) mass is 388 g/mol. The van der Waals surface area contributed by atoms with Gasteiger partial charge in [-0.1, -0.05) is 5.16 Å². The number of carbonyl (C=O) groups excluding carboxylic acids is 1. The summed E-state index contributed by atoms with van der Waals surface area (Å²) in [5.41, 5.74) is 3.94. The minimum absolute atomic E-state index is 0.186. The van der Waals surface area contributed by atoms with Crippen molar-refractivity contribution < 1.29 is 14.1 Å². The molecule has 7 heteroatoms. The third kappa shape index (κ3) is 4.19. The van der Waals surface area contributed by atoms with Crippen LogP contribution in [0.2, 0.25) is 0 Å². The number of ether oxygens (including phenoxy) is 1. The Morgan fingerprint density at radius 2 is 1.86 bits per heavy atom. The van der Waals surface area contributed by atoms with E-state index < -0.39 is 0 Å². The molecule has 1 amide bonds. The summed E-state index contributed by atoms with van der Waals surface area (Å²) in [6.45, 7) is 4.10. The van der Waals surface area contributed by atoms with Gasteiger partial charge in [-0.05, 0) is 68.4 Å². The Morgan fingerprint density at radius 3 is 2.48 bits per heavy atom. The highest BCUT2D eigenvalue weighted by molar-refractivity contribution is 6.04. The number of amides is 1. The third-order valence-electron chi connectivity index (χ3n) is 4.58. The van der Waals surface area contributed by atoms with E-state index in [1.807, 2.05) is 50.4 Å². The highest BCUT2D eigenvalue weighted by atomic mass is 16.5. The zero-order chi connectivity index (χ0) is 20.2. The van der Waals surface area contributed by atoms with E-state index in [4.69, 9.17) is 9.26 Å². The molecule has 0 saturated heterocycles. The molecule has 29 heavy (non-hydrogen) atoms. The molecule has 0 radical (unpaired) electrons. The van der Waals surface area contributed by atoms with E-state index in [1.54, 1.807) is 35.1 Å². The molecule has 2 heterocycles. The SMILES string of the molecule is Cc1noc(C)c1COc1ccc(C(=O)Nc2ccc(-n3cccn3)cc2)cc1. The molecule has 0 saturated carbocycles. The van der Waals surface area contributed by atoms with Gasteiger partial charge in [-0.3, -0.25) is 4.79 Å². The van der Waals surface area contributed by atoms with Gasteiger partial charge in [0.25, 0.3) is 5.91 Å². The number of rotatable bonds is 6. The summed E-state index contributed by atoms with van der Waals surface area (Å²) in [6.07, 6.45) is 3.58. The number of aromatic nitrogens is 3. The highest BCUT2D eigenvalue weighted by Gasteiger charge is 2.10. The van der Waals surface area contributed by atoms with Crippen LogP contribution in [-0.4, -0.2) is 20.8 Å². The van der Waals surface area contributed by atoms with Crippen molar-refractivity contribution in [3.8, 4) is 11.4 Å². The molecule has 2 aromatic heterocycles. The van der Waals surface area contributed by atoms with E-state index in [0.29, 0.717) is 23.6 Å². The Bertz CT molecular complexity index is 1080. The van der Waals surface area contributed by atoms with Crippen LogP contribution in [0.5, 0.6) is 5.75 Å². The average molecular weight is 388 g/mol. The van der Waals surface area contributed by atoms with E-state index >= 15 is 0 Å². The molecular weight excluding hydrogens is 368 g/mol. The number of aryl methyl sites for hydroxylation is 2. The van der Waals surface area contributed by atoms with E-state index in [1.165, 1.54) is 0 Å². The lowest BCUT2D eigenvalue weighted by molar-refractivity contribution is 0.102. The van der Waals surface area contributed by atoms with Gasteiger partial charge in [0.1, 0.15) is 18.1 Å². The molecule has 146 valence electrons. The topological polar surface area (TPSA) is 82.2 Å². The van der Waals surface area contributed by atoms with Crippen molar-refractivity contribution in [2.45, 2.75) is 20.5 Å². The van der Waals surface area contributed by atoms with Crippen LogP contribution in [-0.2, 0) is 6.61 Å². The van der Waals surface area contributed by atoms with Crippen LogP contribution >= 0.6 is 0 Å². The molecule has 0 fully saturated rings. The molecule has 0 atom stereocenters. The Balaban J connectivity index is 1.36. The maximum Gasteiger partial charge on any atom is 0.255 e. The van der Waals surface area contributed by atoms with Gasteiger partial charge in [0.15, 0.2) is 0 Å². The van der Waals surface area contributed by atoms with Crippen LogP contribution < -0.4 is 10.1 Å². The van der Waals surface area contributed by atoms with Crippen molar-refractivity contribution in [3.05, 3.63) is 89.6 Å². The second-order valence-corrected chi connectivity index (χ2v) is 6.57. The van der Waals surface area contributed by atoms with Crippen LogP contribution in [0, 0.1) is 13.8 Å². The lowest BCUT2D eigenvalue weighted by Crippen LogP contribution is -2.11. The van der Waals surface area contributed by atoms with Crippen molar-refractivity contribution in [1.29, 1.82) is 0 Å². The normalized spacial score (nSPS) is 10.7. The molecular formula is C22H20N4O3. The van der Waals surface area contributed by atoms with Crippen molar-refractivity contribution in [3.63, 3.8) is 0 Å². The van der Waals surface area contributed by atoms with Gasteiger partial charge in [0.05, 0.1) is 16.9 Å². The highest BCUT2D eigenvalue weighted by Crippen LogP contribution is 2.19. The number of carbonyl (C=O) groups is 1. The van der Waals surface area contributed by atoms with E-state index in [9.17, 15) is 4.79 Å². The predicted octanol–water partition coefficient (Wildman–Crippen LogP) is 4.31. The summed E-state index contributed by atoms with van der Waals surface area (Å²) in [5.74, 6) is 1.23. The van der Waals surface area contributed by atoms with Crippen LogP contribution in [0.3, 0.4) is 0 Å². The second-order valence-electron chi connectivity index (χ2n) is 6.57. The number of nitrogens with one attached hydrogen (secondary N) is 1. The fourth-order valence-corrected chi connectivity index (χ4v) is 2.89. The summed E-state index contributed by atoms with van der Waals surface area (Å²) in [4.78, 5) is 12.5. The maximum atomic E-state index is 12.5. The van der Waals surface area contributed by atoms with Crippen LogP contribution in [0.25, 0.3) is 5.69 Å². The summed E-state index contributed by atoms with van der Waals surface area (Å²) in [6, 6.07) is 16.3. The van der Waals surface area contributed by atoms with Crippen molar-refractivity contribution in [2.75, 3.05) is 5.32 Å². The molecule has 0 unspecified atom stereocenters.